The number of carbonyl (C=O) groups excluding carboxylic acids is 5. The van der Waals surface area contributed by atoms with Crippen molar-refractivity contribution in [2.24, 2.45) is 5.73 Å². The number of nitrogens with zero attached hydrogens (tertiary/aromatic N) is 5. The van der Waals surface area contributed by atoms with Crippen molar-refractivity contribution >= 4 is 29.2 Å². The van der Waals surface area contributed by atoms with Gasteiger partial charge in [0, 0.05) is 58.6 Å². The van der Waals surface area contributed by atoms with Crippen molar-refractivity contribution in [1.29, 1.82) is 15.8 Å². The molecule has 0 fully saturated rings. The van der Waals surface area contributed by atoms with Crippen molar-refractivity contribution in [2.75, 3.05) is 6.61 Å². The summed E-state index contributed by atoms with van der Waals surface area (Å²) < 4.78 is 7.01. The second kappa shape index (κ2) is 27.6. The van der Waals surface area contributed by atoms with Crippen molar-refractivity contribution in [2.45, 2.75) is 100 Å². The van der Waals surface area contributed by atoms with Crippen molar-refractivity contribution in [3.63, 3.8) is 0 Å². The highest BCUT2D eigenvalue weighted by molar-refractivity contribution is 6.10. The maximum Gasteiger partial charge on any atom is 0.330 e. The largest absolute Gasteiger partial charge is 0.463 e. The minimum atomic E-state index is -0.778. The fourth-order valence-electron chi connectivity index (χ4n) is 8.38. The number of amides is 1. The second-order valence-electron chi connectivity index (χ2n) is 19.0. The molecule has 0 saturated carbocycles. The van der Waals surface area contributed by atoms with Gasteiger partial charge < -0.3 is 15.5 Å². The van der Waals surface area contributed by atoms with Gasteiger partial charge in [-0.05, 0) is 117 Å². The summed E-state index contributed by atoms with van der Waals surface area (Å²) in [6.45, 7) is 17.3. The number of esters is 1. The van der Waals surface area contributed by atoms with E-state index in [0.29, 0.717) is 27.8 Å². The van der Waals surface area contributed by atoms with Crippen LogP contribution in [0.25, 0.3) is 0 Å². The molecule has 3 aromatic heterocycles. The SMILES string of the molecule is CCOC(=O)/C=C/Cn1c(C(=O)c2cc(C)cc(C#N)c2)c(C(C)C)c(=O)[nH]c1=O.Cc1cc(C#N)cc(C(=O)c2[nH]c(=O)[nH]c(=O)c2C(C)C)c1.Cc1cc(C#N)cc(C(=O)c2c(C(C)C)c(=O)[nH]c(=O)n2C/C=C/C(N)=O)c1. The predicted octanol–water partition coefficient (Wildman–Crippen LogP) is 4.90. The van der Waals surface area contributed by atoms with Crippen LogP contribution < -0.4 is 39.5 Å². The third-order valence-corrected chi connectivity index (χ3v) is 11.6. The third kappa shape index (κ3) is 15.6. The lowest BCUT2D eigenvalue weighted by Crippen LogP contribution is -2.37. The van der Waals surface area contributed by atoms with Gasteiger partial charge in [0.1, 0.15) is 11.4 Å². The van der Waals surface area contributed by atoms with Crippen LogP contribution in [-0.2, 0) is 27.4 Å². The maximum atomic E-state index is 13.4. The number of rotatable bonds is 16. The average molecular weight is 1090 g/mol. The average Bonchev–Trinajstić information content (AvgIpc) is 3.56. The summed E-state index contributed by atoms with van der Waals surface area (Å²) in [6.07, 6.45) is 4.95. The number of nitriles is 3. The monoisotopic (exact) mass is 1090 g/mol. The minimum absolute atomic E-state index is 0.0294. The van der Waals surface area contributed by atoms with Crippen LogP contribution in [0.4, 0.5) is 0 Å². The van der Waals surface area contributed by atoms with Crippen LogP contribution in [0.3, 0.4) is 0 Å². The van der Waals surface area contributed by atoms with E-state index in [1.54, 1.807) is 106 Å². The third-order valence-electron chi connectivity index (χ3n) is 11.6. The van der Waals surface area contributed by atoms with Gasteiger partial charge in [0.25, 0.3) is 16.7 Å². The molecular weight excluding hydrogens is 1030 g/mol. The molecule has 3 heterocycles. The Labute approximate surface area is 457 Å². The first kappa shape index (κ1) is 62.1. The minimum Gasteiger partial charge on any atom is -0.463 e. The number of aromatic nitrogens is 6. The van der Waals surface area contributed by atoms with Crippen LogP contribution in [0, 0.1) is 54.8 Å². The number of aryl methyl sites for hydroxylation is 3. The molecule has 1 amide bonds. The Bertz CT molecular complexity index is 4010. The normalized spacial score (nSPS) is 10.8. The van der Waals surface area contributed by atoms with E-state index in [4.69, 9.17) is 21.0 Å². The zero-order valence-corrected chi connectivity index (χ0v) is 45.6. The van der Waals surface area contributed by atoms with Crippen LogP contribution >= 0.6 is 0 Å². The van der Waals surface area contributed by atoms with Gasteiger partial charge in [0.2, 0.25) is 23.3 Å². The van der Waals surface area contributed by atoms with E-state index in [9.17, 15) is 58.0 Å². The van der Waals surface area contributed by atoms with E-state index in [2.05, 4.69) is 19.9 Å². The van der Waals surface area contributed by atoms with Crippen molar-refractivity contribution < 1.29 is 28.7 Å². The Balaban J connectivity index is 0.000000261. The molecule has 22 nitrogen and oxygen atoms in total. The summed E-state index contributed by atoms with van der Waals surface area (Å²) in [5, 5.41) is 27.4. The fraction of sp³-hybridized carbons (Fsp3) is 0.276. The second-order valence-corrected chi connectivity index (χ2v) is 19.0. The number of primary amides is 1. The van der Waals surface area contributed by atoms with Gasteiger partial charge in [-0.3, -0.25) is 57.6 Å². The van der Waals surface area contributed by atoms with Crippen LogP contribution in [0.15, 0.2) is 108 Å². The number of nitrogens with one attached hydrogen (secondary N) is 4. The zero-order valence-electron chi connectivity index (χ0n) is 45.6. The first-order valence-corrected chi connectivity index (χ1v) is 24.8. The van der Waals surface area contributed by atoms with Gasteiger partial charge in [-0.1, -0.05) is 53.7 Å². The molecule has 22 heteroatoms. The summed E-state index contributed by atoms with van der Waals surface area (Å²) in [5.74, 6) is -3.81. The van der Waals surface area contributed by atoms with E-state index < -0.39 is 63.0 Å². The molecule has 0 radical (unpaired) electrons. The van der Waals surface area contributed by atoms with Gasteiger partial charge in [-0.15, -0.1) is 0 Å². The summed E-state index contributed by atoms with van der Waals surface area (Å²) in [4.78, 5) is 144. The molecule has 0 unspecified atom stereocenters. The Morgan fingerprint density at radius 1 is 0.537 bits per heavy atom. The molecule has 6 N–H and O–H groups in total. The lowest BCUT2D eigenvalue weighted by Gasteiger charge is -2.16. The Kier molecular flexibility index (Phi) is 21.4. The van der Waals surface area contributed by atoms with Gasteiger partial charge in [0.15, 0.2) is 0 Å². The molecule has 6 rings (SSSR count). The van der Waals surface area contributed by atoms with Crippen LogP contribution in [0.5, 0.6) is 0 Å². The van der Waals surface area contributed by atoms with Gasteiger partial charge in [-0.2, -0.15) is 15.8 Å². The van der Waals surface area contributed by atoms with Crippen LogP contribution in [-0.4, -0.2) is 64.9 Å². The van der Waals surface area contributed by atoms with Crippen molar-refractivity contribution in [3.8, 4) is 18.2 Å². The number of allylic oxidation sites excluding steroid dienone is 2. The van der Waals surface area contributed by atoms with E-state index in [1.165, 1.54) is 30.4 Å². The number of H-pyrrole nitrogens is 4. The molecule has 80 heavy (non-hydrogen) atoms. The molecule has 0 aliphatic carbocycles. The number of ketones is 3. The highest BCUT2D eigenvalue weighted by Crippen LogP contribution is 2.23. The highest BCUT2D eigenvalue weighted by atomic mass is 16.5. The van der Waals surface area contributed by atoms with E-state index in [1.807, 2.05) is 18.2 Å². The van der Waals surface area contributed by atoms with Gasteiger partial charge in [0.05, 0.1) is 47.2 Å². The smallest absolute Gasteiger partial charge is 0.330 e. The molecule has 0 atom stereocenters. The van der Waals surface area contributed by atoms with E-state index >= 15 is 0 Å². The molecule has 412 valence electrons. The molecule has 6 aromatic rings. The lowest BCUT2D eigenvalue weighted by atomic mass is 9.95. The number of carbonyl (C=O) groups is 5. The highest BCUT2D eigenvalue weighted by Gasteiger charge is 2.27. The van der Waals surface area contributed by atoms with Crippen molar-refractivity contribution in [3.05, 3.63) is 225 Å². The quantitative estimate of drug-likeness (QED) is 0.0489. The van der Waals surface area contributed by atoms with Gasteiger partial charge >= 0.3 is 23.0 Å². The predicted molar refractivity (Wildman–Crippen MR) is 295 cm³/mol. The van der Waals surface area contributed by atoms with E-state index in [0.717, 1.165) is 26.8 Å². The first-order chi connectivity index (χ1) is 37.7. The molecular formula is C58H58N10O12. The Hall–Kier alpha value is -10.4. The number of hydrogen-bond acceptors (Lipinski definition) is 15. The Morgan fingerprint density at radius 2 is 0.900 bits per heavy atom. The van der Waals surface area contributed by atoms with E-state index in [-0.39, 0.29) is 87.9 Å². The fourth-order valence-corrected chi connectivity index (χ4v) is 8.38. The molecule has 0 aliphatic heterocycles. The molecule has 0 aliphatic rings. The molecule has 3 aromatic carbocycles. The maximum absolute atomic E-state index is 13.4. The lowest BCUT2D eigenvalue weighted by molar-refractivity contribution is -0.137. The summed E-state index contributed by atoms with van der Waals surface area (Å²) in [5.41, 5.74) is 5.02. The number of aromatic amines is 4. The first-order valence-electron chi connectivity index (χ1n) is 24.8. The molecule has 0 spiro atoms. The van der Waals surface area contributed by atoms with Gasteiger partial charge in [-0.25, -0.2) is 19.2 Å². The topological polar surface area (TPSA) is 367 Å². The Morgan fingerprint density at radius 3 is 1.25 bits per heavy atom. The number of nitrogens with two attached hydrogens (primary N) is 1. The molecule has 0 saturated heterocycles. The molecule has 0 bridgehead atoms. The van der Waals surface area contributed by atoms with Crippen LogP contribution in [0.1, 0.15) is 164 Å². The van der Waals surface area contributed by atoms with Crippen molar-refractivity contribution in [1.82, 2.24) is 29.1 Å². The number of ether oxygens (including phenoxy) is 1. The number of hydrogen-bond donors (Lipinski definition) is 5. The standard InChI is InChI=1S/C22H23N3O5.C20H20N4O4.C16H15N3O3/c1-5-30-17(26)7-6-8-25-19(18(13(2)3)21(28)24-22(25)29)20(27)16-10-14(4)9-15(11-16)12-23;1-11(2)16-17(18(26)14-8-12(3)7-13(9-14)10-21)24(6-4-5-15(22)25)20(28)23-19(16)27;1-8(2)12-13(18-16(22)19-15(12)21)14(20)11-5-9(3)4-10(6-11)7-17/h6-7,9-11,13H,5,8H2,1-4H3,(H,24,28,29);4-5,7-9,11H,6H2,1-3H3,(H2,22,25)(H,23,27,28);4-6,8H,1-3H3,(H2,18,19,21,22)/b7-6+;5-4+;. The van der Waals surface area contributed by atoms with Crippen LogP contribution in [0.2, 0.25) is 0 Å². The summed E-state index contributed by atoms with van der Waals surface area (Å²) in [6, 6.07) is 19.9. The number of benzene rings is 3. The summed E-state index contributed by atoms with van der Waals surface area (Å²) >= 11 is 0. The zero-order chi connectivity index (χ0) is 59.9. The summed E-state index contributed by atoms with van der Waals surface area (Å²) in [7, 11) is 0.